The van der Waals surface area contributed by atoms with E-state index in [1.165, 1.54) is 0 Å². The number of aromatic nitrogens is 1. The van der Waals surface area contributed by atoms with Crippen LogP contribution < -0.4 is 5.32 Å². The van der Waals surface area contributed by atoms with Gasteiger partial charge in [0.2, 0.25) is 0 Å². The molecular formula is C22H25N3O2. The molecule has 0 saturated carbocycles. The third-order valence-electron chi connectivity index (χ3n) is 4.59. The van der Waals surface area contributed by atoms with Crippen LogP contribution in [0.15, 0.2) is 48.5 Å². The Morgan fingerprint density at radius 1 is 1.07 bits per heavy atom. The Bertz CT molecular complexity index is 950. The molecule has 0 radical (unpaired) electrons. The van der Waals surface area contributed by atoms with E-state index in [0.717, 1.165) is 52.9 Å². The van der Waals surface area contributed by atoms with Gasteiger partial charge in [0.25, 0.3) is 0 Å². The first kappa shape index (κ1) is 18.9. The van der Waals surface area contributed by atoms with Gasteiger partial charge in [-0.1, -0.05) is 36.4 Å². The molecule has 3 aromatic rings. The number of hydrogen-bond donors (Lipinski definition) is 2. The second-order valence-electron chi connectivity index (χ2n) is 6.93. The minimum absolute atomic E-state index is 0.285. The quantitative estimate of drug-likeness (QED) is 0.614. The zero-order valence-electron chi connectivity index (χ0n) is 16.0. The highest BCUT2D eigenvalue weighted by atomic mass is 16.4. The molecule has 3 rings (SSSR count). The highest BCUT2D eigenvalue weighted by Crippen LogP contribution is 2.34. The van der Waals surface area contributed by atoms with Gasteiger partial charge in [-0.25, -0.2) is 9.78 Å². The number of carboxylic acids is 1. The molecule has 0 fully saturated rings. The maximum absolute atomic E-state index is 11.1. The molecule has 2 aromatic carbocycles. The molecule has 0 bridgehead atoms. The maximum atomic E-state index is 11.1. The lowest BCUT2D eigenvalue weighted by atomic mass is 9.96. The summed E-state index contributed by atoms with van der Waals surface area (Å²) in [6.45, 7) is 3.89. The zero-order chi connectivity index (χ0) is 19.4. The Hall–Kier alpha value is -2.92. The summed E-state index contributed by atoms with van der Waals surface area (Å²) < 4.78 is 0. The van der Waals surface area contributed by atoms with Crippen molar-refractivity contribution in [1.82, 2.24) is 9.88 Å². The van der Waals surface area contributed by atoms with Crippen LogP contribution in [-0.4, -0.2) is 48.1 Å². The summed E-state index contributed by atoms with van der Waals surface area (Å²) in [6, 6.07) is 15.2. The number of nitrogens with zero attached hydrogens (tertiary/aromatic N) is 2. The molecular weight excluding hydrogens is 338 g/mol. The lowest BCUT2D eigenvalue weighted by molar-refractivity contribution is 0.0697. The Labute approximate surface area is 159 Å². The van der Waals surface area contributed by atoms with Gasteiger partial charge in [-0.15, -0.1) is 0 Å². The fourth-order valence-electron chi connectivity index (χ4n) is 3.27. The number of hydrogen-bond acceptors (Lipinski definition) is 4. The number of anilines is 1. The number of pyridine rings is 1. The summed E-state index contributed by atoms with van der Waals surface area (Å²) in [6.07, 6.45) is 1.04. The minimum atomic E-state index is -0.918. The summed E-state index contributed by atoms with van der Waals surface area (Å²) >= 11 is 0. The summed E-state index contributed by atoms with van der Waals surface area (Å²) in [7, 11) is 4.14. The normalized spacial score (nSPS) is 11.1. The lowest BCUT2D eigenvalue weighted by Gasteiger charge is -2.16. The highest BCUT2D eigenvalue weighted by molar-refractivity contribution is 6.03. The van der Waals surface area contributed by atoms with Gasteiger partial charge in [0.15, 0.2) is 0 Å². The third kappa shape index (κ3) is 4.26. The monoisotopic (exact) mass is 363 g/mol. The highest BCUT2D eigenvalue weighted by Gasteiger charge is 2.13. The molecule has 140 valence electrons. The number of aryl methyl sites for hydroxylation is 1. The van der Waals surface area contributed by atoms with Crippen LogP contribution in [-0.2, 0) is 0 Å². The predicted octanol–water partition coefficient (Wildman–Crippen LogP) is 4.27. The van der Waals surface area contributed by atoms with Crippen molar-refractivity contribution in [3.05, 3.63) is 59.8 Å². The van der Waals surface area contributed by atoms with E-state index in [1.807, 2.05) is 31.2 Å². The fourth-order valence-corrected chi connectivity index (χ4v) is 3.27. The molecule has 5 nitrogen and oxygen atoms in total. The number of carbonyl (C=O) groups is 1. The van der Waals surface area contributed by atoms with E-state index in [0.29, 0.717) is 0 Å². The van der Waals surface area contributed by atoms with E-state index in [4.69, 9.17) is 10.1 Å². The van der Waals surface area contributed by atoms with Gasteiger partial charge in [-0.3, -0.25) is 0 Å². The van der Waals surface area contributed by atoms with Crippen LogP contribution in [0.4, 0.5) is 5.82 Å². The average Bonchev–Trinajstić information content (AvgIpc) is 2.65. The largest absolute Gasteiger partial charge is 0.478 e. The van der Waals surface area contributed by atoms with Crippen LogP contribution in [0.2, 0.25) is 0 Å². The second kappa shape index (κ2) is 8.18. The molecule has 0 atom stereocenters. The van der Waals surface area contributed by atoms with E-state index in [9.17, 15) is 4.79 Å². The number of nitrogens with one attached hydrogen (secondary N) is 1. The molecule has 0 saturated heterocycles. The number of benzene rings is 2. The van der Waals surface area contributed by atoms with Crippen molar-refractivity contribution in [3.63, 3.8) is 0 Å². The molecule has 2 N–H and O–H groups in total. The molecule has 1 aromatic heterocycles. The van der Waals surface area contributed by atoms with E-state index < -0.39 is 5.97 Å². The van der Waals surface area contributed by atoms with Crippen molar-refractivity contribution in [2.24, 2.45) is 0 Å². The molecule has 0 aliphatic heterocycles. The van der Waals surface area contributed by atoms with Gasteiger partial charge in [0.05, 0.1) is 5.56 Å². The van der Waals surface area contributed by atoms with Crippen molar-refractivity contribution in [1.29, 1.82) is 0 Å². The molecule has 5 heteroatoms. The Morgan fingerprint density at radius 2 is 1.74 bits per heavy atom. The summed E-state index contributed by atoms with van der Waals surface area (Å²) in [5.41, 5.74) is 3.22. The van der Waals surface area contributed by atoms with Crippen LogP contribution in [0.5, 0.6) is 0 Å². The van der Waals surface area contributed by atoms with Crippen molar-refractivity contribution in [2.45, 2.75) is 13.3 Å². The second-order valence-corrected chi connectivity index (χ2v) is 6.93. The number of aromatic carboxylic acids is 1. The Balaban J connectivity index is 1.99. The molecule has 0 spiro atoms. The standard InChI is InChI=1S/C22H25N3O2/c1-15-20(16-9-11-17(12-10-16)22(26)27)18-7-4-5-8-19(18)21(24-15)23-13-6-14-25(2)3/h4-5,7-12H,6,13-14H2,1-3H3,(H,23,24)(H,26,27). The first-order chi connectivity index (χ1) is 13.0. The Kier molecular flexibility index (Phi) is 5.72. The molecule has 0 aliphatic carbocycles. The molecule has 27 heavy (non-hydrogen) atoms. The smallest absolute Gasteiger partial charge is 0.335 e. The van der Waals surface area contributed by atoms with Crippen molar-refractivity contribution in [3.8, 4) is 11.1 Å². The summed E-state index contributed by atoms with van der Waals surface area (Å²) in [5.74, 6) is -0.0220. The van der Waals surface area contributed by atoms with Crippen LogP contribution in [0, 0.1) is 6.92 Å². The third-order valence-corrected chi connectivity index (χ3v) is 4.59. The lowest BCUT2D eigenvalue weighted by Crippen LogP contribution is -2.16. The van der Waals surface area contributed by atoms with Crippen molar-refractivity contribution < 1.29 is 9.90 Å². The maximum Gasteiger partial charge on any atom is 0.335 e. The molecule has 1 heterocycles. The van der Waals surface area contributed by atoms with Gasteiger partial charge in [0.1, 0.15) is 5.82 Å². The number of carboxylic acid groups (broad SMARTS) is 1. The molecule has 0 unspecified atom stereocenters. The molecule has 0 amide bonds. The average molecular weight is 363 g/mol. The van der Waals surface area contributed by atoms with E-state index >= 15 is 0 Å². The van der Waals surface area contributed by atoms with Crippen molar-refractivity contribution in [2.75, 3.05) is 32.5 Å². The van der Waals surface area contributed by atoms with Gasteiger partial charge >= 0.3 is 5.97 Å². The first-order valence-corrected chi connectivity index (χ1v) is 9.09. The van der Waals surface area contributed by atoms with E-state index in [2.05, 4.69) is 36.4 Å². The Morgan fingerprint density at radius 3 is 2.37 bits per heavy atom. The fraction of sp³-hybridized carbons (Fsp3) is 0.273. The minimum Gasteiger partial charge on any atom is -0.478 e. The van der Waals surface area contributed by atoms with Gasteiger partial charge < -0.3 is 15.3 Å². The van der Waals surface area contributed by atoms with Gasteiger partial charge in [-0.05, 0) is 57.1 Å². The van der Waals surface area contributed by atoms with E-state index in [1.54, 1.807) is 12.1 Å². The van der Waals surface area contributed by atoms with Crippen LogP contribution in [0.3, 0.4) is 0 Å². The van der Waals surface area contributed by atoms with Crippen molar-refractivity contribution >= 4 is 22.6 Å². The van der Waals surface area contributed by atoms with Gasteiger partial charge in [-0.2, -0.15) is 0 Å². The van der Waals surface area contributed by atoms with Crippen LogP contribution in [0.25, 0.3) is 21.9 Å². The van der Waals surface area contributed by atoms with Crippen LogP contribution >= 0.6 is 0 Å². The number of rotatable bonds is 7. The van der Waals surface area contributed by atoms with Crippen LogP contribution in [0.1, 0.15) is 22.5 Å². The van der Waals surface area contributed by atoms with E-state index in [-0.39, 0.29) is 5.56 Å². The molecule has 0 aliphatic rings. The number of fused-ring (bicyclic) bond motifs is 1. The summed E-state index contributed by atoms with van der Waals surface area (Å²) in [4.78, 5) is 18.1. The topological polar surface area (TPSA) is 65.5 Å². The summed E-state index contributed by atoms with van der Waals surface area (Å²) in [5, 5.41) is 14.8. The SMILES string of the molecule is Cc1nc(NCCCN(C)C)c2ccccc2c1-c1ccc(C(=O)O)cc1. The predicted molar refractivity (Wildman–Crippen MR) is 111 cm³/mol. The van der Waals surface area contributed by atoms with Gasteiger partial charge in [0, 0.05) is 23.2 Å². The zero-order valence-corrected chi connectivity index (χ0v) is 16.0. The first-order valence-electron chi connectivity index (χ1n) is 9.09.